The maximum atomic E-state index is 9.53. The molecule has 2 aliphatic rings. The number of para-hydroxylation sites is 1. The zero-order valence-electron chi connectivity index (χ0n) is 15.0. The Morgan fingerprint density at radius 3 is 2.50 bits per heavy atom. The predicted molar refractivity (Wildman–Crippen MR) is 103 cm³/mol. The number of nitrogens with two attached hydrogens (primary N) is 1. The van der Waals surface area contributed by atoms with Gasteiger partial charge >= 0.3 is 0 Å². The Hall–Kier alpha value is -2.65. The first-order valence-electron chi connectivity index (χ1n) is 9.32. The van der Waals surface area contributed by atoms with Crippen LogP contribution in [0.4, 0.5) is 17.2 Å². The maximum Gasteiger partial charge on any atom is 0.133 e. The summed E-state index contributed by atoms with van der Waals surface area (Å²) in [5.74, 6) is 0.977. The molecule has 1 aromatic heterocycles. The highest BCUT2D eigenvalue weighted by Crippen LogP contribution is 2.31. The Balaban J connectivity index is 1.52. The van der Waals surface area contributed by atoms with Crippen molar-refractivity contribution in [1.29, 1.82) is 5.26 Å². The van der Waals surface area contributed by atoms with E-state index in [1.54, 1.807) is 6.07 Å². The Morgan fingerprint density at radius 2 is 1.85 bits per heavy atom. The average molecular weight is 351 g/mol. The van der Waals surface area contributed by atoms with Crippen LogP contribution in [0.3, 0.4) is 0 Å². The van der Waals surface area contributed by atoms with Crippen LogP contribution in [0, 0.1) is 11.3 Å². The van der Waals surface area contributed by atoms with Crippen molar-refractivity contribution in [3.63, 3.8) is 0 Å². The fourth-order valence-electron chi connectivity index (χ4n) is 4.00. The van der Waals surface area contributed by atoms with Crippen molar-refractivity contribution in [2.24, 2.45) is 0 Å². The first-order chi connectivity index (χ1) is 12.8. The second kappa shape index (κ2) is 7.30. The number of rotatable bonds is 4. The lowest BCUT2D eigenvalue weighted by Crippen LogP contribution is -2.47. The van der Waals surface area contributed by atoms with Gasteiger partial charge in [-0.25, -0.2) is 0 Å². The summed E-state index contributed by atoms with van der Waals surface area (Å²) in [7, 11) is 0. The molecule has 2 N–H and O–H groups in total. The molecule has 0 spiro atoms. The molecule has 26 heavy (non-hydrogen) atoms. The van der Waals surface area contributed by atoms with Crippen molar-refractivity contribution in [2.45, 2.75) is 25.5 Å². The SMILES string of the molecule is N#Cc1cc(N)c(N2CCN(c3ccccc3)CC2)n1CC1CCCO1. The van der Waals surface area contributed by atoms with Crippen molar-refractivity contribution in [3.8, 4) is 6.07 Å². The summed E-state index contributed by atoms with van der Waals surface area (Å²) >= 11 is 0. The highest BCUT2D eigenvalue weighted by Gasteiger charge is 2.26. The third kappa shape index (κ3) is 3.23. The van der Waals surface area contributed by atoms with Gasteiger partial charge in [-0.05, 0) is 31.0 Å². The van der Waals surface area contributed by atoms with Crippen molar-refractivity contribution < 1.29 is 4.74 Å². The summed E-state index contributed by atoms with van der Waals surface area (Å²) in [5.41, 5.74) is 8.87. The second-order valence-corrected chi connectivity index (χ2v) is 6.98. The third-order valence-corrected chi connectivity index (χ3v) is 5.32. The largest absolute Gasteiger partial charge is 0.396 e. The molecule has 0 saturated carbocycles. The van der Waals surface area contributed by atoms with Crippen molar-refractivity contribution in [2.75, 3.05) is 48.3 Å². The highest BCUT2D eigenvalue weighted by molar-refractivity contribution is 5.68. The molecular weight excluding hydrogens is 326 g/mol. The lowest BCUT2D eigenvalue weighted by Gasteiger charge is -2.38. The lowest BCUT2D eigenvalue weighted by atomic mass is 10.2. The first kappa shape index (κ1) is 16.8. The van der Waals surface area contributed by atoms with E-state index in [0.717, 1.165) is 51.4 Å². The van der Waals surface area contributed by atoms with E-state index in [0.29, 0.717) is 17.9 Å². The number of hydrogen-bond acceptors (Lipinski definition) is 5. The molecule has 2 saturated heterocycles. The summed E-state index contributed by atoms with van der Waals surface area (Å²) in [5, 5.41) is 9.53. The van der Waals surface area contributed by atoms with E-state index in [4.69, 9.17) is 10.5 Å². The Bertz CT molecular complexity index is 781. The molecule has 2 fully saturated rings. The minimum Gasteiger partial charge on any atom is -0.396 e. The van der Waals surface area contributed by atoms with Crippen LogP contribution < -0.4 is 15.5 Å². The van der Waals surface area contributed by atoms with E-state index in [9.17, 15) is 5.26 Å². The van der Waals surface area contributed by atoms with Gasteiger partial charge < -0.3 is 24.8 Å². The predicted octanol–water partition coefficient (Wildman–Crippen LogP) is 2.45. The number of hydrogen-bond donors (Lipinski definition) is 1. The van der Waals surface area contributed by atoms with Gasteiger partial charge in [0.1, 0.15) is 17.6 Å². The number of aromatic nitrogens is 1. The number of ether oxygens (including phenoxy) is 1. The zero-order chi connectivity index (χ0) is 17.9. The second-order valence-electron chi connectivity index (χ2n) is 6.98. The number of nitriles is 1. The van der Waals surface area contributed by atoms with Crippen LogP contribution in [0.25, 0.3) is 0 Å². The maximum absolute atomic E-state index is 9.53. The first-order valence-corrected chi connectivity index (χ1v) is 9.32. The quantitative estimate of drug-likeness (QED) is 0.916. The molecule has 0 aliphatic carbocycles. The van der Waals surface area contributed by atoms with Crippen LogP contribution in [0.15, 0.2) is 36.4 Å². The van der Waals surface area contributed by atoms with E-state index in [1.165, 1.54) is 5.69 Å². The topological polar surface area (TPSA) is 70.5 Å². The number of anilines is 3. The van der Waals surface area contributed by atoms with Crippen molar-refractivity contribution in [1.82, 2.24) is 4.57 Å². The molecule has 6 nitrogen and oxygen atoms in total. The van der Waals surface area contributed by atoms with E-state index in [2.05, 4.69) is 44.7 Å². The van der Waals surface area contributed by atoms with Crippen LogP contribution in [-0.2, 0) is 11.3 Å². The summed E-state index contributed by atoms with van der Waals surface area (Å²) in [6, 6.07) is 14.6. The van der Waals surface area contributed by atoms with Gasteiger partial charge in [0.15, 0.2) is 0 Å². The highest BCUT2D eigenvalue weighted by atomic mass is 16.5. The van der Waals surface area contributed by atoms with E-state index in [1.807, 2.05) is 6.07 Å². The van der Waals surface area contributed by atoms with Gasteiger partial charge in [-0.2, -0.15) is 5.26 Å². The fraction of sp³-hybridized carbons (Fsp3) is 0.450. The molecule has 2 aliphatic heterocycles. The Labute approximate surface area is 154 Å². The standard InChI is InChI=1S/C20H25N5O/c21-14-17-13-19(22)20(25(17)15-18-7-4-12-26-18)24-10-8-23(9-11-24)16-5-2-1-3-6-16/h1-3,5-6,13,18H,4,7-12,15,22H2. The Kier molecular flexibility index (Phi) is 4.72. The van der Waals surface area contributed by atoms with Crippen LogP contribution in [-0.4, -0.2) is 43.5 Å². The summed E-state index contributed by atoms with van der Waals surface area (Å²) < 4.78 is 7.84. The van der Waals surface area contributed by atoms with Gasteiger partial charge in [-0.3, -0.25) is 0 Å². The lowest BCUT2D eigenvalue weighted by molar-refractivity contribution is 0.0971. The summed E-state index contributed by atoms with van der Waals surface area (Å²) in [4.78, 5) is 4.70. The fourth-order valence-corrected chi connectivity index (χ4v) is 4.00. The van der Waals surface area contributed by atoms with E-state index >= 15 is 0 Å². The van der Waals surface area contributed by atoms with Crippen molar-refractivity contribution in [3.05, 3.63) is 42.1 Å². The van der Waals surface area contributed by atoms with Gasteiger partial charge in [-0.1, -0.05) is 18.2 Å². The van der Waals surface area contributed by atoms with Gasteiger partial charge in [-0.15, -0.1) is 0 Å². The molecule has 3 heterocycles. The van der Waals surface area contributed by atoms with E-state index in [-0.39, 0.29) is 6.10 Å². The van der Waals surface area contributed by atoms with E-state index < -0.39 is 0 Å². The number of benzene rings is 1. The number of nitrogen functional groups attached to an aromatic ring is 1. The molecule has 0 radical (unpaired) electrons. The zero-order valence-corrected chi connectivity index (χ0v) is 15.0. The van der Waals surface area contributed by atoms with Gasteiger partial charge in [0.05, 0.1) is 18.3 Å². The van der Waals surface area contributed by atoms with Crippen LogP contribution in [0.2, 0.25) is 0 Å². The molecule has 6 heteroatoms. The minimum absolute atomic E-state index is 0.179. The van der Waals surface area contributed by atoms with Gasteiger partial charge in [0.2, 0.25) is 0 Å². The van der Waals surface area contributed by atoms with Crippen LogP contribution >= 0.6 is 0 Å². The molecule has 0 bridgehead atoms. The summed E-state index contributed by atoms with van der Waals surface area (Å²) in [6.07, 6.45) is 2.32. The number of nitrogens with zero attached hydrogens (tertiary/aromatic N) is 4. The molecule has 1 aromatic carbocycles. The molecule has 2 aromatic rings. The number of piperazine rings is 1. The summed E-state index contributed by atoms with van der Waals surface area (Å²) in [6.45, 7) is 5.18. The molecule has 4 rings (SSSR count). The van der Waals surface area contributed by atoms with Crippen LogP contribution in [0.1, 0.15) is 18.5 Å². The minimum atomic E-state index is 0.179. The van der Waals surface area contributed by atoms with Gasteiger partial charge in [0.25, 0.3) is 0 Å². The van der Waals surface area contributed by atoms with Gasteiger partial charge in [0, 0.05) is 38.5 Å². The smallest absolute Gasteiger partial charge is 0.133 e. The average Bonchev–Trinajstić information content (AvgIpc) is 3.30. The van der Waals surface area contributed by atoms with Crippen molar-refractivity contribution >= 4 is 17.2 Å². The third-order valence-electron chi connectivity index (χ3n) is 5.32. The van der Waals surface area contributed by atoms with Crippen LogP contribution in [0.5, 0.6) is 0 Å². The molecular formula is C20H25N5O. The monoisotopic (exact) mass is 351 g/mol. The Morgan fingerprint density at radius 1 is 1.12 bits per heavy atom. The normalized spacial score (nSPS) is 20.3. The molecule has 1 atom stereocenters. The molecule has 0 amide bonds. The molecule has 1 unspecified atom stereocenters. The molecule has 136 valence electrons.